The maximum Gasteiger partial charge on any atom is 0.142 e. The lowest BCUT2D eigenvalue weighted by molar-refractivity contribution is 0.279. The molecular formula is C17H28N2O3. The van der Waals surface area contributed by atoms with Gasteiger partial charge in [-0.25, -0.2) is 0 Å². The smallest absolute Gasteiger partial charge is 0.142 e. The zero-order valence-corrected chi connectivity index (χ0v) is 13.7. The van der Waals surface area contributed by atoms with Crippen LogP contribution in [0.1, 0.15) is 43.7 Å². The minimum atomic E-state index is -0.161. The van der Waals surface area contributed by atoms with Crippen molar-refractivity contribution in [1.29, 1.82) is 0 Å². The van der Waals surface area contributed by atoms with Crippen LogP contribution >= 0.6 is 0 Å². The van der Waals surface area contributed by atoms with Gasteiger partial charge in [0.1, 0.15) is 11.5 Å². The van der Waals surface area contributed by atoms with Crippen molar-refractivity contribution in [3.8, 4) is 11.5 Å². The highest BCUT2D eigenvalue weighted by molar-refractivity contribution is 5.64. The molecule has 0 amide bonds. The number of nitrogens with zero attached hydrogens (tertiary/aromatic N) is 1. The molecule has 0 aliphatic carbocycles. The molecule has 1 aliphatic heterocycles. The van der Waals surface area contributed by atoms with E-state index < -0.39 is 0 Å². The number of anilines is 1. The summed E-state index contributed by atoms with van der Waals surface area (Å²) in [5.41, 5.74) is 8.27. The van der Waals surface area contributed by atoms with Crippen molar-refractivity contribution < 1.29 is 14.6 Å². The van der Waals surface area contributed by atoms with Crippen LogP contribution in [0.3, 0.4) is 0 Å². The highest BCUT2D eigenvalue weighted by atomic mass is 16.5. The summed E-state index contributed by atoms with van der Waals surface area (Å²) in [7, 11) is 3.36. The van der Waals surface area contributed by atoms with Crippen molar-refractivity contribution in [1.82, 2.24) is 0 Å². The normalized spacial score (nSPS) is 16.5. The summed E-state index contributed by atoms with van der Waals surface area (Å²) in [6.07, 6.45) is 5.12. The van der Waals surface area contributed by atoms with Crippen LogP contribution in [0.15, 0.2) is 12.1 Å². The summed E-state index contributed by atoms with van der Waals surface area (Å²) < 4.78 is 11.1. The van der Waals surface area contributed by atoms with Crippen LogP contribution in [-0.2, 0) is 0 Å². The van der Waals surface area contributed by atoms with Crippen LogP contribution in [-0.4, -0.2) is 39.0 Å². The topological polar surface area (TPSA) is 68.0 Å². The molecule has 5 nitrogen and oxygen atoms in total. The minimum Gasteiger partial charge on any atom is -0.496 e. The molecule has 1 heterocycles. The molecule has 0 radical (unpaired) electrons. The quantitative estimate of drug-likeness (QED) is 0.810. The van der Waals surface area contributed by atoms with E-state index in [9.17, 15) is 0 Å². The zero-order valence-electron chi connectivity index (χ0n) is 13.7. The zero-order chi connectivity index (χ0) is 15.9. The van der Waals surface area contributed by atoms with Crippen LogP contribution in [0.5, 0.6) is 11.5 Å². The first-order valence-electron chi connectivity index (χ1n) is 8.08. The molecule has 124 valence electrons. The fraction of sp³-hybridized carbons (Fsp3) is 0.647. The summed E-state index contributed by atoms with van der Waals surface area (Å²) in [5, 5.41) is 8.99. The van der Waals surface area contributed by atoms with Crippen molar-refractivity contribution in [3.63, 3.8) is 0 Å². The summed E-state index contributed by atoms with van der Waals surface area (Å²) in [6, 6.07) is 3.87. The maximum atomic E-state index is 8.99. The lowest BCUT2D eigenvalue weighted by Crippen LogP contribution is -2.29. The SMILES string of the molecule is COc1cc(N2CCCCC2)c(OC)cc1[C@H](N)CCCO. The number of benzene rings is 1. The van der Waals surface area contributed by atoms with Crippen molar-refractivity contribution in [2.45, 2.75) is 38.1 Å². The fourth-order valence-electron chi connectivity index (χ4n) is 3.04. The minimum absolute atomic E-state index is 0.152. The number of aliphatic hydroxyl groups excluding tert-OH is 1. The van der Waals surface area contributed by atoms with Gasteiger partial charge >= 0.3 is 0 Å². The number of piperidine rings is 1. The van der Waals surface area contributed by atoms with E-state index in [4.69, 9.17) is 20.3 Å². The molecule has 0 unspecified atom stereocenters. The standard InChI is InChI=1S/C17H28N2O3/c1-21-16-12-15(19-8-4-3-5-9-19)17(22-2)11-13(16)14(18)7-6-10-20/h11-12,14,20H,3-10,18H2,1-2H3/t14-/m1/s1. The van der Waals surface area contributed by atoms with Gasteiger partial charge in [0, 0.05) is 37.4 Å². The van der Waals surface area contributed by atoms with Crippen LogP contribution in [0.4, 0.5) is 5.69 Å². The predicted molar refractivity (Wildman–Crippen MR) is 88.9 cm³/mol. The van der Waals surface area contributed by atoms with Gasteiger partial charge in [-0.1, -0.05) is 0 Å². The van der Waals surface area contributed by atoms with Crippen LogP contribution in [0, 0.1) is 0 Å². The Morgan fingerprint density at radius 2 is 1.82 bits per heavy atom. The number of methoxy groups -OCH3 is 2. The van der Waals surface area contributed by atoms with Crippen molar-refractivity contribution in [3.05, 3.63) is 17.7 Å². The third-order valence-corrected chi connectivity index (χ3v) is 4.30. The molecule has 3 N–H and O–H groups in total. The Hall–Kier alpha value is -1.46. The van der Waals surface area contributed by atoms with Crippen LogP contribution < -0.4 is 20.1 Å². The van der Waals surface area contributed by atoms with E-state index in [1.807, 2.05) is 12.1 Å². The third-order valence-electron chi connectivity index (χ3n) is 4.30. The molecule has 1 aromatic carbocycles. The van der Waals surface area contributed by atoms with Crippen LogP contribution in [0.25, 0.3) is 0 Å². The van der Waals surface area contributed by atoms with Crippen molar-refractivity contribution >= 4 is 5.69 Å². The summed E-state index contributed by atoms with van der Waals surface area (Å²) in [4.78, 5) is 2.36. The van der Waals surface area contributed by atoms with Crippen LogP contribution in [0.2, 0.25) is 0 Å². The van der Waals surface area contributed by atoms with Crippen molar-refractivity contribution in [2.24, 2.45) is 5.73 Å². The van der Waals surface area contributed by atoms with Gasteiger partial charge in [0.15, 0.2) is 0 Å². The average Bonchev–Trinajstić information content (AvgIpc) is 2.59. The first kappa shape index (κ1) is 16.9. The number of hydrogen-bond donors (Lipinski definition) is 2. The van der Waals surface area contributed by atoms with E-state index in [-0.39, 0.29) is 12.6 Å². The number of nitrogens with two attached hydrogens (primary N) is 1. The molecule has 1 fully saturated rings. The molecule has 0 aromatic heterocycles. The van der Waals surface area contributed by atoms with Crippen molar-refractivity contribution in [2.75, 3.05) is 38.8 Å². The van der Waals surface area contributed by atoms with Gasteiger partial charge in [-0.2, -0.15) is 0 Å². The first-order chi connectivity index (χ1) is 10.7. The van der Waals surface area contributed by atoms with E-state index in [2.05, 4.69) is 4.90 Å². The molecular weight excluding hydrogens is 280 g/mol. The molecule has 0 saturated carbocycles. The average molecular weight is 308 g/mol. The highest BCUT2D eigenvalue weighted by Crippen LogP contribution is 2.39. The van der Waals surface area contributed by atoms with E-state index in [0.29, 0.717) is 6.42 Å². The second-order valence-electron chi connectivity index (χ2n) is 5.79. The lowest BCUT2D eigenvalue weighted by atomic mass is 10.00. The molecule has 2 rings (SSSR count). The highest BCUT2D eigenvalue weighted by Gasteiger charge is 2.21. The van der Waals surface area contributed by atoms with Gasteiger partial charge in [-0.05, 0) is 38.2 Å². The molecule has 1 aliphatic rings. The summed E-state index contributed by atoms with van der Waals surface area (Å²) in [6.45, 7) is 2.25. The maximum absolute atomic E-state index is 8.99. The van der Waals surface area contributed by atoms with Gasteiger partial charge in [-0.3, -0.25) is 0 Å². The van der Waals surface area contributed by atoms with Gasteiger partial charge in [0.05, 0.1) is 19.9 Å². The lowest BCUT2D eigenvalue weighted by Gasteiger charge is -2.31. The number of ether oxygens (including phenoxy) is 2. The van der Waals surface area contributed by atoms with Gasteiger partial charge in [0.2, 0.25) is 0 Å². The number of aliphatic hydroxyl groups is 1. The van der Waals surface area contributed by atoms with E-state index in [0.717, 1.165) is 42.3 Å². The summed E-state index contributed by atoms with van der Waals surface area (Å²) in [5.74, 6) is 1.64. The van der Waals surface area contributed by atoms with E-state index in [1.54, 1.807) is 14.2 Å². The Morgan fingerprint density at radius 1 is 1.14 bits per heavy atom. The Labute approximate surface area is 133 Å². The largest absolute Gasteiger partial charge is 0.496 e. The Kier molecular flexibility index (Phi) is 6.34. The molecule has 1 atom stereocenters. The molecule has 1 aromatic rings. The number of hydrogen-bond acceptors (Lipinski definition) is 5. The molecule has 0 spiro atoms. The monoisotopic (exact) mass is 308 g/mol. The predicted octanol–water partition coefficient (Wildman–Crippen LogP) is 2.47. The molecule has 1 saturated heterocycles. The Morgan fingerprint density at radius 3 is 2.41 bits per heavy atom. The molecule has 22 heavy (non-hydrogen) atoms. The third kappa shape index (κ3) is 3.84. The van der Waals surface area contributed by atoms with Gasteiger partial charge in [-0.15, -0.1) is 0 Å². The molecule has 5 heteroatoms. The van der Waals surface area contributed by atoms with E-state index >= 15 is 0 Å². The van der Waals surface area contributed by atoms with Gasteiger partial charge < -0.3 is 25.2 Å². The fourth-order valence-corrected chi connectivity index (χ4v) is 3.04. The number of rotatable bonds is 7. The Bertz CT molecular complexity index is 473. The first-order valence-corrected chi connectivity index (χ1v) is 8.08. The summed E-state index contributed by atoms with van der Waals surface area (Å²) >= 11 is 0. The van der Waals surface area contributed by atoms with Gasteiger partial charge in [0.25, 0.3) is 0 Å². The Balaban J connectivity index is 2.31. The van der Waals surface area contributed by atoms with E-state index in [1.165, 1.54) is 19.3 Å². The second kappa shape index (κ2) is 8.25. The molecule has 0 bridgehead atoms. The second-order valence-corrected chi connectivity index (χ2v) is 5.79.